The molecule has 0 spiro atoms. The lowest BCUT2D eigenvalue weighted by atomic mass is 10.1. The van der Waals surface area contributed by atoms with E-state index in [2.05, 4.69) is 38.4 Å². The van der Waals surface area contributed by atoms with Crippen LogP contribution in [0.1, 0.15) is 0 Å². The van der Waals surface area contributed by atoms with Crippen LogP contribution in [-0.4, -0.2) is 35.7 Å². The monoisotopic (exact) mass is 280 g/mol. The van der Waals surface area contributed by atoms with Gasteiger partial charge in [0.2, 0.25) is 0 Å². The Kier molecular flexibility index (Phi) is 2.95. The highest BCUT2D eigenvalue weighted by atomic mass is 32.1. The standard InChI is InChI=1S/C12H12N2O2S2/c1-5(17)9-7-8(12(16)13(9)3)10(6(2)18)14(4)11(7)15/h17-18H,1-2H2,3-4H3. The molecule has 6 heteroatoms. The van der Waals surface area contributed by atoms with Crippen molar-refractivity contribution in [3.05, 3.63) is 45.5 Å². The molecule has 0 bridgehead atoms. The first-order valence-electron chi connectivity index (χ1n) is 5.10. The second-order valence-electron chi connectivity index (χ2n) is 4.07. The first kappa shape index (κ1) is 13.0. The average molecular weight is 280 g/mol. The van der Waals surface area contributed by atoms with Gasteiger partial charge in [-0.3, -0.25) is 9.59 Å². The minimum Gasteiger partial charge on any atom is -0.309 e. The SMILES string of the molecule is C=C(S)C1=C2C(=O)N(C)C(C(=C)S)=C2C(=O)N1C. The summed E-state index contributed by atoms with van der Waals surface area (Å²) >= 11 is 8.29. The Bertz CT molecular complexity index is 535. The van der Waals surface area contributed by atoms with E-state index in [1.165, 1.54) is 9.80 Å². The van der Waals surface area contributed by atoms with E-state index in [0.29, 0.717) is 32.4 Å². The maximum atomic E-state index is 12.2. The average Bonchev–Trinajstić information content (AvgIpc) is 2.66. The van der Waals surface area contributed by atoms with Crippen molar-refractivity contribution in [3.8, 4) is 0 Å². The number of carbonyl (C=O) groups is 2. The number of carbonyl (C=O) groups excluding carboxylic acids is 2. The van der Waals surface area contributed by atoms with Crippen LogP contribution in [0.15, 0.2) is 45.5 Å². The summed E-state index contributed by atoms with van der Waals surface area (Å²) in [6.45, 7) is 7.38. The van der Waals surface area contributed by atoms with Gasteiger partial charge in [0.25, 0.3) is 11.8 Å². The molecule has 0 aromatic carbocycles. The van der Waals surface area contributed by atoms with Gasteiger partial charge in [-0.15, -0.1) is 25.3 Å². The van der Waals surface area contributed by atoms with Crippen molar-refractivity contribution < 1.29 is 9.59 Å². The van der Waals surface area contributed by atoms with Gasteiger partial charge in [-0.2, -0.15) is 0 Å². The van der Waals surface area contributed by atoms with Gasteiger partial charge in [0.1, 0.15) is 0 Å². The third-order valence-electron chi connectivity index (χ3n) is 2.98. The Balaban J connectivity index is 2.80. The summed E-state index contributed by atoms with van der Waals surface area (Å²) in [6.07, 6.45) is 0. The van der Waals surface area contributed by atoms with E-state index in [9.17, 15) is 9.59 Å². The molecule has 0 aromatic rings. The van der Waals surface area contributed by atoms with Crippen LogP contribution in [0.25, 0.3) is 0 Å². The molecule has 0 unspecified atom stereocenters. The van der Waals surface area contributed by atoms with Crippen molar-refractivity contribution >= 4 is 37.1 Å². The quantitative estimate of drug-likeness (QED) is 0.749. The minimum absolute atomic E-state index is 0.266. The minimum atomic E-state index is -0.266. The molecule has 2 rings (SSSR count). The zero-order chi connectivity index (χ0) is 13.8. The number of hydrogen-bond acceptors (Lipinski definition) is 4. The Morgan fingerprint density at radius 3 is 1.39 bits per heavy atom. The maximum Gasteiger partial charge on any atom is 0.261 e. The summed E-state index contributed by atoms with van der Waals surface area (Å²) in [7, 11) is 3.17. The highest BCUT2D eigenvalue weighted by molar-refractivity contribution is 7.85. The van der Waals surface area contributed by atoms with Crippen LogP contribution in [0.4, 0.5) is 0 Å². The van der Waals surface area contributed by atoms with E-state index in [-0.39, 0.29) is 11.8 Å². The fourth-order valence-corrected chi connectivity index (χ4v) is 2.73. The maximum absolute atomic E-state index is 12.2. The van der Waals surface area contributed by atoms with Gasteiger partial charge >= 0.3 is 0 Å². The molecular weight excluding hydrogens is 268 g/mol. The van der Waals surface area contributed by atoms with Crippen molar-refractivity contribution in [1.82, 2.24) is 9.80 Å². The van der Waals surface area contributed by atoms with Crippen molar-refractivity contribution in [1.29, 1.82) is 0 Å². The number of thiol groups is 2. The summed E-state index contributed by atoms with van der Waals surface area (Å²) in [5, 5.41) is 0. The molecule has 0 radical (unpaired) electrons. The smallest absolute Gasteiger partial charge is 0.261 e. The molecule has 94 valence electrons. The molecule has 0 aliphatic carbocycles. The molecule has 0 aromatic heterocycles. The van der Waals surface area contributed by atoms with Crippen molar-refractivity contribution in [2.45, 2.75) is 0 Å². The molecule has 4 nitrogen and oxygen atoms in total. The largest absolute Gasteiger partial charge is 0.309 e. The number of amides is 2. The normalized spacial score (nSPS) is 19.1. The number of likely N-dealkylation sites (N-methyl/N-ethyl adjacent to an activating group) is 2. The van der Waals surface area contributed by atoms with Crippen molar-refractivity contribution in [2.75, 3.05) is 14.1 Å². The van der Waals surface area contributed by atoms with E-state index < -0.39 is 0 Å². The van der Waals surface area contributed by atoms with Gasteiger partial charge < -0.3 is 9.80 Å². The predicted molar refractivity (Wildman–Crippen MR) is 75.8 cm³/mol. The van der Waals surface area contributed by atoms with Crippen molar-refractivity contribution in [2.24, 2.45) is 0 Å². The van der Waals surface area contributed by atoms with Gasteiger partial charge in [-0.25, -0.2) is 0 Å². The summed E-state index contributed by atoms with van der Waals surface area (Å²) in [4.78, 5) is 27.9. The number of fused-ring (bicyclic) bond motifs is 1. The molecule has 0 N–H and O–H groups in total. The molecule has 2 amide bonds. The number of hydrogen-bond donors (Lipinski definition) is 2. The Hall–Kier alpha value is -1.40. The van der Waals surface area contributed by atoms with Crippen LogP contribution < -0.4 is 0 Å². The fourth-order valence-electron chi connectivity index (χ4n) is 2.20. The summed E-state index contributed by atoms with van der Waals surface area (Å²) in [5.41, 5.74) is 1.55. The lowest BCUT2D eigenvalue weighted by Gasteiger charge is -2.18. The zero-order valence-corrected chi connectivity index (χ0v) is 11.8. The summed E-state index contributed by atoms with van der Waals surface area (Å²) < 4.78 is 0. The summed E-state index contributed by atoms with van der Waals surface area (Å²) in [5.74, 6) is -0.531. The molecule has 0 saturated heterocycles. The van der Waals surface area contributed by atoms with E-state index >= 15 is 0 Å². The van der Waals surface area contributed by atoms with Gasteiger partial charge in [0.05, 0.1) is 22.5 Å². The molecule has 2 aliphatic rings. The molecule has 18 heavy (non-hydrogen) atoms. The van der Waals surface area contributed by atoms with Crippen LogP contribution in [0, 0.1) is 0 Å². The fraction of sp³-hybridized carbons (Fsp3) is 0.167. The van der Waals surface area contributed by atoms with E-state index in [1.807, 2.05) is 0 Å². The van der Waals surface area contributed by atoms with E-state index in [1.54, 1.807) is 14.1 Å². The van der Waals surface area contributed by atoms with Gasteiger partial charge in [0.15, 0.2) is 0 Å². The van der Waals surface area contributed by atoms with Gasteiger partial charge in [-0.05, 0) is 0 Å². The Morgan fingerprint density at radius 2 is 1.17 bits per heavy atom. The lowest BCUT2D eigenvalue weighted by molar-refractivity contribution is -0.123. The topological polar surface area (TPSA) is 40.6 Å². The molecule has 2 aliphatic heterocycles. The number of rotatable bonds is 2. The van der Waals surface area contributed by atoms with E-state index in [0.717, 1.165) is 0 Å². The zero-order valence-electron chi connectivity index (χ0n) is 10.0. The van der Waals surface area contributed by atoms with E-state index in [4.69, 9.17) is 0 Å². The number of nitrogens with zero attached hydrogens (tertiary/aromatic N) is 2. The molecular formula is C12H12N2O2S2. The van der Waals surface area contributed by atoms with Crippen LogP contribution in [0.5, 0.6) is 0 Å². The summed E-state index contributed by atoms with van der Waals surface area (Å²) in [6, 6.07) is 0. The second kappa shape index (κ2) is 4.07. The van der Waals surface area contributed by atoms with Crippen LogP contribution in [0.3, 0.4) is 0 Å². The molecule has 0 atom stereocenters. The third-order valence-corrected chi connectivity index (χ3v) is 3.40. The molecule has 2 heterocycles. The van der Waals surface area contributed by atoms with Gasteiger partial charge in [0, 0.05) is 23.9 Å². The van der Waals surface area contributed by atoms with Crippen LogP contribution >= 0.6 is 25.3 Å². The second-order valence-corrected chi connectivity index (χ2v) is 5.15. The lowest BCUT2D eigenvalue weighted by Crippen LogP contribution is -2.26. The molecule has 0 saturated carbocycles. The Morgan fingerprint density at radius 1 is 0.889 bits per heavy atom. The molecule has 0 fully saturated rings. The van der Waals surface area contributed by atoms with Crippen LogP contribution in [-0.2, 0) is 9.59 Å². The first-order valence-corrected chi connectivity index (χ1v) is 6.00. The van der Waals surface area contributed by atoms with Crippen molar-refractivity contribution in [3.63, 3.8) is 0 Å². The first-order chi connectivity index (χ1) is 8.29. The van der Waals surface area contributed by atoms with Crippen LogP contribution in [0.2, 0.25) is 0 Å². The highest BCUT2D eigenvalue weighted by Crippen LogP contribution is 2.43. The highest BCUT2D eigenvalue weighted by Gasteiger charge is 2.46. The van der Waals surface area contributed by atoms with Gasteiger partial charge in [-0.1, -0.05) is 13.2 Å². The predicted octanol–water partition coefficient (Wildman–Crippen LogP) is 1.33. The third kappa shape index (κ3) is 1.49. The Labute approximate surface area is 116 Å².